The van der Waals surface area contributed by atoms with E-state index in [2.05, 4.69) is 20.4 Å². The zero-order valence-corrected chi connectivity index (χ0v) is 9.93. The molecule has 94 valence electrons. The van der Waals surface area contributed by atoms with E-state index in [9.17, 15) is 13.2 Å². The smallest absolute Gasteiger partial charge is 0.269 e. The average molecular weight is 235 g/mol. The molecule has 1 heterocycles. The van der Waals surface area contributed by atoms with E-state index in [1.807, 2.05) is 6.08 Å². The Morgan fingerprint density at radius 2 is 1.75 bits per heavy atom. The molecular formula is C12H20F3N. The lowest BCUT2D eigenvalue weighted by Crippen LogP contribution is -2.44. The minimum Gasteiger partial charge on any atom is -0.269 e. The number of nitrogens with zero attached hydrogens (tertiary/aromatic N) is 1. The predicted molar refractivity (Wildman–Crippen MR) is 59.2 cm³/mol. The second-order valence-corrected chi connectivity index (χ2v) is 5.04. The molecule has 1 unspecified atom stereocenters. The van der Waals surface area contributed by atoms with E-state index in [1.165, 1.54) is 4.90 Å². The second-order valence-electron chi connectivity index (χ2n) is 5.04. The van der Waals surface area contributed by atoms with E-state index in [1.54, 1.807) is 0 Å². The molecule has 0 spiro atoms. The van der Waals surface area contributed by atoms with Gasteiger partial charge in [0, 0.05) is 13.1 Å². The van der Waals surface area contributed by atoms with Gasteiger partial charge < -0.3 is 0 Å². The Balaban J connectivity index is 2.48. The first-order valence-corrected chi connectivity index (χ1v) is 5.68. The molecule has 0 radical (unpaired) electrons. The van der Waals surface area contributed by atoms with Gasteiger partial charge >= 0.3 is 0 Å². The van der Waals surface area contributed by atoms with Crippen molar-refractivity contribution in [1.82, 2.24) is 4.90 Å². The fourth-order valence-corrected chi connectivity index (χ4v) is 2.22. The molecule has 0 aromatic rings. The summed E-state index contributed by atoms with van der Waals surface area (Å²) in [4.78, 5) is 1.24. The van der Waals surface area contributed by atoms with E-state index in [0.29, 0.717) is 19.0 Å². The molecule has 0 bridgehead atoms. The van der Waals surface area contributed by atoms with Crippen molar-refractivity contribution in [3.05, 3.63) is 12.7 Å². The Morgan fingerprint density at radius 1 is 1.25 bits per heavy atom. The zero-order valence-electron chi connectivity index (χ0n) is 9.93. The number of likely N-dealkylation sites (tertiary alicyclic amines) is 1. The molecule has 0 aliphatic carbocycles. The molecule has 1 saturated heterocycles. The molecule has 0 aromatic heterocycles. The fraction of sp³-hybridized carbons (Fsp3) is 0.833. The molecule has 0 amide bonds. The monoisotopic (exact) mass is 235 g/mol. The molecule has 0 saturated carbocycles. The Morgan fingerprint density at radius 3 is 2.12 bits per heavy atom. The van der Waals surface area contributed by atoms with Crippen molar-refractivity contribution in [3.63, 3.8) is 0 Å². The van der Waals surface area contributed by atoms with Crippen LogP contribution in [0, 0.1) is 11.3 Å². The van der Waals surface area contributed by atoms with Crippen LogP contribution in [0.5, 0.6) is 0 Å². The number of rotatable bonds is 4. The fourth-order valence-electron chi connectivity index (χ4n) is 2.22. The van der Waals surface area contributed by atoms with Gasteiger partial charge in [0.25, 0.3) is 6.43 Å². The van der Waals surface area contributed by atoms with E-state index >= 15 is 0 Å². The highest BCUT2D eigenvalue weighted by Gasteiger charge is 2.34. The maximum Gasteiger partial charge on any atom is 0.282 e. The van der Waals surface area contributed by atoms with Crippen molar-refractivity contribution in [2.24, 2.45) is 11.3 Å². The maximum absolute atomic E-state index is 13.1. The third-order valence-corrected chi connectivity index (χ3v) is 3.66. The number of allylic oxidation sites excluding steroid dienone is 1. The summed E-state index contributed by atoms with van der Waals surface area (Å²) < 4.78 is 37.4. The lowest BCUT2D eigenvalue weighted by Gasteiger charge is -2.39. The van der Waals surface area contributed by atoms with Crippen LogP contribution in [-0.4, -0.2) is 30.7 Å². The molecule has 1 fully saturated rings. The van der Waals surface area contributed by atoms with E-state index in [-0.39, 0.29) is 5.41 Å². The van der Waals surface area contributed by atoms with Crippen molar-refractivity contribution in [1.29, 1.82) is 0 Å². The quantitative estimate of drug-likeness (QED) is 0.532. The zero-order chi connectivity index (χ0) is 12.3. The van der Waals surface area contributed by atoms with Crippen LogP contribution in [0.15, 0.2) is 12.7 Å². The molecule has 1 aliphatic rings. The van der Waals surface area contributed by atoms with Gasteiger partial charge in [-0.1, -0.05) is 19.9 Å². The van der Waals surface area contributed by atoms with Gasteiger partial charge in [-0.25, -0.2) is 13.2 Å². The molecule has 1 rings (SSSR count). The van der Waals surface area contributed by atoms with Crippen molar-refractivity contribution in [2.75, 3.05) is 13.1 Å². The molecule has 1 atom stereocenters. The number of hydrogen-bond donors (Lipinski definition) is 0. The third-order valence-electron chi connectivity index (χ3n) is 3.66. The van der Waals surface area contributed by atoms with E-state index in [0.717, 1.165) is 12.8 Å². The summed E-state index contributed by atoms with van der Waals surface area (Å²) in [6.45, 7) is 8.77. The van der Waals surface area contributed by atoms with E-state index in [4.69, 9.17) is 0 Å². The summed E-state index contributed by atoms with van der Waals surface area (Å²) in [5.41, 5.74) is 0.00271. The molecule has 16 heavy (non-hydrogen) atoms. The number of halogens is 3. The first kappa shape index (κ1) is 13.6. The van der Waals surface area contributed by atoms with Gasteiger partial charge in [0.15, 0.2) is 0 Å². The van der Waals surface area contributed by atoms with Gasteiger partial charge in [0.05, 0.1) is 0 Å². The number of alkyl halides is 3. The molecule has 0 N–H and O–H groups in total. The normalized spacial score (nSPS) is 22.4. The Hall–Kier alpha value is -0.510. The van der Waals surface area contributed by atoms with Crippen LogP contribution < -0.4 is 0 Å². The molecule has 0 aromatic carbocycles. The summed E-state index contributed by atoms with van der Waals surface area (Å²) in [5, 5.41) is 0. The Labute approximate surface area is 95.3 Å². The number of piperidine rings is 1. The summed E-state index contributed by atoms with van der Waals surface area (Å²) in [6.07, 6.45) is -1.59. The van der Waals surface area contributed by atoms with Crippen molar-refractivity contribution in [3.8, 4) is 0 Å². The minimum atomic E-state index is -2.90. The highest BCUT2D eigenvalue weighted by Crippen LogP contribution is 2.36. The molecule has 1 nitrogen and oxygen atoms in total. The topological polar surface area (TPSA) is 3.24 Å². The van der Waals surface area contributed by atoms with Gasteiger partial charge in [0.2, 0.25) is 6.30 Å². The van der Waals surface area contributed by atoms with Crippen LogP contribution >= 0.6 is 0 Å². The minimum absolute atomic E-state index is 0.00271. The Bertz CT molecular complexity index is 232. The van der Waals surface area contributed by atoms with Gasteiger partial charge in [-0.15, -0.1) is 6.58 Å². The summed E-state index contributed by atoms with van der Waals surface area (Å²) in [5.74, 6) is 0.408. The summed E-state index contributed by atoms with van der Waals surface area (Å²) in [7, 11) is 0. The lowest BCUT2D eigenvalue weighted by molar-refractivity contribution is -0.0654. The predicted octanol–water partition coefficient (Wildman–Crippen LogP) is 3.47. The summed E-state index contributed by atoms with van der Waals surface area (Å²) in [6, 6.07) is 0. The first-order chi connectivity index (χ1) is 7.38. The van der Waals surface area contributed by atoms with Gasteiger partial charge in [0.1, 0.15) is 0 Å². The van der Waals surface area contributed by atoms with Gasteiger partial charge in [-0.3, -0.25) is 4.90 Å². The van der Waals surface area contributed by atoms with Gasteiger partial charge in [-0.2, -0.15) is 0 Å². The largest absolute Gasteiger partial charge is 0.282 e. The van der Waals surface area contributed by atoms with Crippen LogP contribution in [-0.2, 0) is 0 Å². The highest BCUT2D eigenvalue weighted by molar-refractivity contribution is 4.95. The standard InChI is InChI=1S/C12H20F3N/c1-4-12(2,3)9-5-7-16(8-6-9)11(15)10(13)14/h4,9-11H,1,5-8H2,2-3H3. The van der Waals surface area contributed by atoms with Crippen LogP contribution in [0.4, 0.5) is 13.2 Å². The second kappa shape index (κ2) is 5.21. The van der Waals surface area contributed by atoms with Crippen LogP contribution in [0.2, 0.25) is 0 Å². The van der Waals surface area contributed by atoms with Crippen molar-refractivity contribution in [2.45, 2.75) is 39.4 Å². The lowest BCUT2D eigenvalue weighted by atomic mass is 9.74. The Kier molecular flexibility index (Phi) is 4.42. The summed E-state index contributed by atoms with van der Waals surface area (Å²) >= 11 is 0. The van der Waals surface area contributed by atoms with Crippen molar-refractivity contribution >= 4 is 0 Å². The molecular weight excluding hydrogens is 215 g/mol. The van der Waals surface area contributed by atoms with Crippen LogP contribution in [0.1, 0.15) is 26.7 Å². The molecule has 4 heteroatoms. The highest BCUT2D eigenvalue weighted by atomic mass is 19.3. The van der Waals surface area contributed by atoms with Crippen LogP contribution in [0.25, 0.3) is 0 Å². The van der Waals surface area contributed by atoms with Gasteiger partial charge in [-0.05, 0) is 24.2 Å². The van der Waals surface area contributed by atoms with Crippen molar-refractivity contribution < 1.29 is 13.2 Å². The first-order valence-electron chi connectivity index (χ1n) is 5.68. The van der Waals surface area contributed by atoms with Crippen LogP contribution in [0.3, 0.4) is 0 Å². The SMILES string of the molecule is C=CC(C)(C)C1CCN(C(F)C(F)F)CC1. The third kappa shape index (κ3) is 3.00. The van der Waals surface area contributed by atoms with E-state index < -0.39 is 12.7 Å². The maximum atomic E-state index is 13.1. The molecule has 1 aliphatic heterocycles. The number of hydrogen-bond acceptors (Lipinski definition) is 1. The average Bonchev–Trinajstić information content (AvgIpc) is 2.28.